The van der Waals surface area contributed by atoms with Crippen LogP contribution in [-0.2, 0) is 22.4 Å². The second-order valence-electron chi connectivity index (χ2n) is 9.97. The normalized spacial score (nSPS) is 12.3. The molecule has 0 fully saturated rings. The van der Waals surface area contributed by atoms with Crippen molar-refractivity contribution in [2.24, 2.45) is 0 Å². The van der Waals surface area contributed by atoms with Crippen molar-refractivity contribution in [3.05, 3.63) is 29.3 Å². The molecule has 1 aliphatic rings. The van der Waals surface area contributed by atoms with Crippen molar-refractivity contribution in [1.82, 2.24) is 0 Å². The fraction of sp³-hybridized carbons (Fsp3) is 0.767. The van der Waals surface area contributed by atoms with Gasteiger partial charge in [0, 0.05) is 12.2 Å². The smallest absolute Gasteiger partial charge is 0.307 e. The second-order valence-corrected chi connectivity index (χ2v) is 9.97. The SMILES string of the molecule is CCCC[N+](CCCC)(CCCC)CCCC.CCOC(=O)CCNc1ccc2c(c1)CCC2.[Br-]. The summed E-state index contributed by atoms with van der Waals surface area (Å²) in [6.07, 6.45) is 15.1. The van der Waals surface area contributed by atoms with E-state index < -0.39 is 0 Å². The molecule has 0 saturated carbocycles. The number of hydrogen-bond acceptors (Lipinski definition) is 3. The molecule has 0 amide bonds. The summed E-state index contributed by atoms with van der Waals surface area (Å²) in [5, 5.41) is 3.26. The van der Waals surface area contributed by atoms with Gasteiger partial charge in [-0.3, -0.25) is 4.79 Å². The highest BCUT2D eigenvalue weighted by Gasteiger charge is 2.24. The van der Waals surface area contributed by atoms with Gasteiger partial charge in [-0.1, -0.05) is 59.4 Å². The molecule has 0 aromatic heterocycles. The van der Waals surface area contributed by atoms with E-state index in [-0.39, 0.29) is 23.0 Å². The molecule has 1 aromatic carbocycles. The first-order valence-electron chi connectivity index (χ1n) is 14.4. The maximum absolute atomic E-state index is 11.2. The summed E-state index contributed by atoms with van der Waals surface area (Å²) in [6.45, 7) is 17.9. The third kappa shape index (κ3) is 14.3. The largest absolute Gasteiger partial charge is 1.00 e. The summed E-state index contributed by atoms with van der Waals surface area (Å²) in [5.74, 6) is -0.138. The second kappa shape index (κ2) is 21.1. The summed E-state index contributed by atoms with van der Waals surface area (Å²) >= 11 is 0. The number of quaternary nitrogens is 1. The summed E-state index contributed by atoms with van der Waals surface area (Å²) in [6, 6.07) is 6.48. The van der Waals surface area contributed by atoms with Crippen LogP contribution < -0.4 is 22.3 Å². The maximum atomic E-state index is 11.2. The topological polar surface area (TPSA) is 38.3 Å². The van der Waals surface area contributed by atoms with E-state index in [0.29, 0.717) is 19.6 Å². The molecule has 1 N–H and O–H groups in total. The molecule has 0 aliphatic heterocycles. The fourth-order valence-corrected chi connectivity index (χ4v) is 4.87. The maximum Gasteiger partial charge on any atom is 0.307 e. The Hall–Kier alpha value is -1.07. The Morgan fingerprint density at radius 3 is 1.83 bits per heavy atom. The van der Waals surface area contributed by atoms with Crippen LogP contribution in [0.1, 0.15) is 110 Å². The molecule has 0 saturated heterocycles. The number of carbonyl (C=O) groups excluding carboxylic acids is 1. The first kappa shape index (κ1) is 33.9. The Labute approximate surface area is 227 Å². The summed E-state index contributed by atoms with van der Waals surface area (Å²) in [7, 11) is 0. The fourth-order valence-electron chi connectivity index (χ4n) is 4.87. The molecule has 2 rings (SSSR count). The molecule has 0 atom stereocenters. The molecule has 0 unspecified atom stereocenters. The molecule has 4 nitrogen and oxygen atoms in total. The number of aryl methyl sites for hydroxylation is 2. The number of esters is 1. The van der Waals surface area contributed by atoms with Gasteiger partial charge < -0.3 is 31.5 Å². The Balaban J connectivity index is 0.000000642. The van der Waals surface area contributed by atoms with E-state index in [1.54, 1.807) is 0 Å². The predicted octanol–water partition coefficient (Wildman–Crippen LogP) is 4.55. The molecule has 0 bridgehead atoms. The van der Waals surface area contributed by atoms with Crippen LogP contribution in [0.5, 0.6) is 0 Å². The molecular weight excluding hydrogens is 500 g/mol. The number of nitrogens with zero attached hydrogens (tertiary/aromatic N) is 1. The van der Waals surface area contributed by atoms with Crippen molar-refractivity contribution in [2.75, 3.05) is 44.6 Å². The quantitative estimate of drug-likeness (QED) is 0.227. The van der Waals surface area contributed by atoms with Crippen LogP contribution in [0.25, 0.3) is 0 Å². The highest BCUT2D eigenvalue weighted by molar-refractivity contribution is 5.70. The van der Waals surface area contributed by atoms with E-state index >= 15 is 0 Å². The standard InChI is InChI=1S/C16H36N.C14H19NO2.BrH/c1-5-9-13-17(14-10-6-2,15-11-7-3)16-12-8-4;1-2-17-14(16)8-9-15-13-7-6-11-4-3-5-12(11)10-13;/h5-16H2,1-4H3;6-7,10,15H,2-5,8-9H2,1H3;1H/q+1;;/p-1. The zero-order valence-electron chi connectivity index (χ0n) is 23.6. The molecule has 5 heteroatoms. The third-order valence-electron chi connectivity index (χ3n) is 7.01. The molecule has 204 valence electrons. The average molecular weight is 556 g/mol. The van der Waals surface area contributed by atoms with Crippen molar-refractivity contribution in [3.63, 3.8) is 0 Å². The highest BCUT2D eigenvalue weighted by Crippen LogP contribution is 2.24. The lowest BCUT2D eigenvalue weighted by Gasteiger charge is -2.39. The lowest BCUT2D eigenvalue weighted by atomic mass is 10.1. The minimum Gasteiger partial charge on any atom is -1.00 e. The number of benzene rings is 1. The van der Waals surface area contributed by atoms with Crippen LogP contribution in [0.4, 0.5) is 5.69 Å². The van der Waals surface area contributed by atoms with Gasteiger partial charge in [0.2, 0.25) is 0 Å². The van der Waals surface area contributed by atoms with Gasteiger partial charge in [-0.15, -0.1) is 0 Å². The van der Waals surface area contributed by atoms with Crippen molar-refractivity contribution in [3.8, 4) is 0 Å². The average Bonchev–Trinajstić information content (AvgIpc) is 3.32. The monoisotopic (exact) mass is 554 g/mol. The number of fused-ring (bicyclic) bond motifs is 1. The zero-order chi connectivity index (χ0) is 25.1. The van der Waals surface area contributed by atoms with Gasteiger partial charge >= 0.3 is 5.97 Å². The first-order valence-corrected chi connectivity index (χ1v) is 14.4. The molecule has 35 heavy (non-hydrogen) atoms. The third-order valence-corrected chi connectivity index (χ3v) is 7.01. The van der Waals surface area contributed by atoms with Gasteiger partial charge in [-0.25, -0.2) is 0 Å². The Morgan fingerprint density at radius 1 is 0.829 bits per heavy atom. The Bertz CT molecular complexity index is 628. The zero-order valence-corrected chi connectivity index (χ0v) is 25.2. The number of hydrogen-bond donors (Lipinski definition) is 1. The number of unbranched alkanes of at least 4 members (excludes halogenated alkanes) is 4. The van der Waals surface area contributed by atoms with Gasteiger partial charge in [-0.2, -0.15) is 0 Å². The number of ether oxygens (including phenoxy) is 1. The van der Waals surface area contributed by atoms with E-state index in [1.165, 1.54) is 112 Å². The van der Waals surface area contributed by atoms with E-state index in [1.807, 2.05) is 6.92 Å². The van der Waals surface area contributed by atoms with Gasteiger partial charge in [0.05, 0.1) is 39.2 Å². The number of rotatable bonds is 17. The van der Waals surface area contributed by atoms with Crippen LogP contribution >= 0.6 is 0 Å². The molecule has 1 aromatic rings. The van der Waals surface area contributed by atoms with Crippen LogP contribution in [-0.4, -0.2) is 49.8 Å². The molecule has 0 heterocycles. The molecule has 1 aliphatic carbocycles. The van der Waals surface area contributed by atoms with Crippen molar-refractivity contribution >= 4 is 11.7 Å². The predicted molar refractivity (Wildman–Crippen MR) is 148 cm³/mol. The van der Waals surface area contributed by atoms with Crippen molar-refractivity contribution in [2.45, 2.75) is 112 Å². The van der Waals surface area contributed by atoms with Gasteiger partial charge in [-0.05, 0) is 75.1 Å². The number of nitrogens with one attached hydrogen (secondary N) is 1. The van der Waals surface area contributed by atoms with Crippen LogP contribution in [0.15, 0.2) is 18.2 Å². The number of anilines is 1. The van der Waals surface area contributed by atoms with E-state index in [2.05, 4.69) is 51.2 Å². The lowest BCUT2D eigenvalue weighted by molar-refractivity contribution is -0.929. The molecule has 0 spiro atoms. The number of carbonyl (C=O) groups is 1. The van der Waals surface area contributed by atoms with Crippen molar-refractivity contribution in [1.29, 1.82) is 0 Å². The van der Waals surface area contributed by atoms with Crippen LogP contribution in [0, 0.1) is 0 Å². The summed E-state index contributed by atoms with van der Waals surface area (Å²) in [4.78, 5) is 11.2. The van der Waals surface area contributed by atoms with Gasteiger partial charge in [0.25, 0.3) is 0 Å². The van der Waals surface area contributed by atoms with E-state index in [4.69, 9.17) is 4.74 Å². The molecular formula is C30H55BrN2O2. The van der Waals surface area contributed by atoms with Crippen LogP contribution in [0.3, 0.4) is 0 Å². The highest BCUT2D eigenvalue weighted by atomic mass is 79.9. The summed E-state index contributed by atoms with van der Waals surface area (Å²) < 4.78 is 6.29. The minimum absolute atomic E-state index is 0. The summed E-state index contributed by atoms with van der Waals surface area (Å²) in [5.41, 5.74) is 4.03. The van der Waals surface area contributed by atoms with E-state index in [9.17, 15) is 4.79 Å². The van der Waals surface area contributed by atoms with Gasteiger partial charge in [0.15, 0.2) is 0 Å². The lowest BCUT2D eigenvalue weighted by Crippen LogP contribution is -3.00. The number of halogens is 1. The minimum atomic E-state index is -0.138. The van der Waals surface area contributed by atoms with Crippen LogP contribution in [0.2, 0.25) is 0 Å². The van der Waals surface area contributed by atoms with Crippen molar-refractivity contribution < 1.29 is 31.0 Å². The van der Waals surface area contributed by atoms with Gasteiger partial charge in [0.1, 0.15) is 0 Å². The Kier molecular flexibility index (Phi) is 20.4. The Morgan fingerprint density at radius 2 is 1.34 bits per heavy atom. The first-order chi connectivity index (χ1) is 16.5. The molecule has 0 radical (unpaired) electrons. The van der Waals surface area contributed by atoms with E-state index in [0.717, 1.165) is 5.69 Å².